The van der Waals surface area contributed by atoms with E-state index in [9.17, 15) is 19.2 Å². The normalized spacial score (nSPS) is 8.81. The third kappa shape index (κ3) is 4.22. The molecule has 8 heteroatoms. The molecule has 0 radical (unpaired) electrons. The Morgan fingerprint density at radius 1 is 1.38 bits per heavy atom. The molecule has 0 aliphatic rings. The minimum Gasteiger partial charge on any atom is -0.478 e. The van der Waals surface area contributed by atoms with Gasteiger partial charge in [0.15, 0.2) is 0 Å². The van der Waals surface area contributed by atoms with Crippen molar-refractivity contribution in [2.24, 2.45) is 0 Å². The van der Waals surface area contributed by atoms with E-state index < -0.39 is 23.0 Å². The van der Waals surface area contributed by atoms with Gasteiger partial charge in [0.25, 0.3) is 0 Å². The molecule has 0 spiro atoms. The Hall–Kier alpha value is -2.38. The summed E-state index contributed by atoms with van der Waals surface area (Å²) >= 11 is 0. The standard InChI is InChI=1S/C5H7N3O3.C3H4O2/c1-2-8-4(10)6-3(9)7-5(8)11;1-2-3(4)5/h2H2,1H3,(H2,6,7,9,10,11);2H,1H2,(H,4,5). The third-order valence-electron chi connectivity index (χ3n) is 1.42. The highest BCUT2D eigenvalue weighted by Crippen LogP contribution is 1.60. The first-order chi connectivity index (χ1) is 7.42. The van der Waals surface area contributed by atoms with Gasteiger partial charge in [-0.25, -0.2) is 23.7 Å². The first kappa shape index (κ1) is 13.6. The van der Waals surface area contributed by atoms with E-state index in [0.717, 1.165) is 10.6 Å². The first-order valence-electron chi connectivity index (χ1n) is 4.21. The number of nitrogens with one attached hydrogen (secondary N) is 2. The van der Waals surface area contributed by atoms with Crippen LogP contribution < -0.4 is 17.1 Å². The Kier molecular flexibility index (Phi) is 5.25. The van der Waals surface area contributed by atoms with Gasteiger partial charge >= 0.3 is 23.0 Å². The van der Waals surface area contributed by atoms with Crippen molar-refractivity contribution in [3.05, 3.63) is 44.1 Å². The molecular formula is C8H11N3O5. The number of carboxylic acid groups (broad SMARTS) is 1. The second kappa shape index (κ2) is 6.17. The van der Waals surface area contributed by atoms with Crippen LogP contribution in [0.5, 0.6) is 0 Å². The third-order valence-corrected chi connectivity index (χ3v) is 1.42. The van der Waals surface area contributed by atoms with Gasteiger partial charge in [-0.3, -0.25) is 9.97 Å². The minimum atomic E-state index is -0.981. The van der Waals surface area contributed by atoms with Crippen molar-refractivity contribution in [3.8, 4) is 0 Å². The molecular weight excluding hydrogens is 218 g/mol. The van der Waals surface area contributed by atoms with E-state index >= 15 is 0 Å². The average molecular weight is 229 g/mol. The molecule has 0 fully saturated rings. The second-order valence-corrected chi connectivity index (χ2v) is 2.48. The van der Waals surface area contributed by atoms with E-state index in [1.165, 1.54) is 0 Å². The molecule has 16 heavy (non-hydrogen) atoms. The highest BCUT2D eigenvalue weighted by molar-refractivity contribution is 5.78. The zero-order valence-corrected chi connectivity index (χ0v) is 8.52. The maximum Gasteiger partial charge on any atom is 0.333 e. The quantitative estimate of drug-likeness (QED) is 0.532. The van der Waals surface area contributed by atoms with Gasteiger partial charge in [0.1, 0.15) is 0 Å². The monoisotopic (exact) mass is 229 g/mol. The van der Waals surface area contributed by atoms with Gasteiger partial charge in [0.2, 0.25) is 0 Å². The molecule has 1 heterocycles. The fourth-order valence-corrected chi connectivity index (χ4v) is 0.740. The highest BCUT2D eigenvalue weighted by Gasteiger charge is 1.97. The van der Waals surface area contributed by atoms with Crippen molar-refractivity contribution in [2.75, 3.05) is 0 Å². The molecule has 0 bridgehead atoms. The Balaban J connectivity index is 0.000000385. The number of aromatic amines is 2. The number of rotatable bonds is 2. The van der Waals surface area contributed by atoms with Crippen LogP contribution in [0.1, 0.15) is 6.92 Å². The molecule has 8 nitrogen and oxygen atoms in total. The van der Waals surface area contributed by atoms with Crippen LogP contribution in [0.3, 0.4) is 0 Å². The number of aromatic nitrogens is 3. The summed E-state index contributed by atoms with van der Waals surface area (Å²) in [5.41, 5.74) is -2.13. The Morgan fingerprint density at radius 2 is 1.75 bits per heavy atom. The number of nitrogens with zero attached hydrogens (tertiary/aromatic N) is 1. The van der Waals surface area contributed by atoms with Crippen LogP contribution in [0.25, 0.3) is 0 Å². The number of H-pyrrole nitrogens is 2. The zero-order valence-electron chi connectivity index (χ0n) is 8.52. The van der Waals surface area contributed by atoms with Crippen LogP contribution in [-0.4, -0.2) is 25.6 Å². The SMILES string of the molecule is C=CC(=O)O.CCn1c(=O)[nH]c(=O)[nH]c1=O. The van der Waals surface area contributed by atoms with Gasteiger partial charge in [-0.15, -0.1) is 0 Å². The van der Waals surface area contributed by atoms with E-state index in [-0.39, 0.29) is 6.54 Å². The molecule has 1 rings (SSSR count). The lowest BCUT2D eigenvalue weighted by atomic mass is 10.7. The zero-order chi connectivity index (χ0) is 12.7. The summed E-state index contributed by atoms with van der Waals surface area (Å²) in [6.07, 6.45) is 0.833. The van der Waals surface area contributed by atoms with Crippen LogP contribution in [0, 0.1) is 0 Å². The Labute approximate surface area is 88.9 Å². The van der Waals surface area contributed by atoms with Gasteiger partial charge in [-0.05, 0) is 6.92 Å². The fourth-order valence-electron chi connectivity index (χ4n) is 0.740. The van der Waals surface area contributed by atoms with E-state index in [2.05, 4.69) is 6.58 Å². The van der Waals surface area contributed by atoms with E-state index in [1.54, 1.807) is 6.92 Å². The summed E-state index contributed by atoms with van der Waals surface area (Å²) in [5, 5.41) is 7.60. The molecule has 3 N–H and O–H groups in total. The molecule has 0 saturated carbocycles. The van der Waals surface area contributed by atoms with Crippen molar-refractivity contribution in [2.45, 2.75) is 13.5 Å². The number of hydrogen-bond acceptors (Lipinski definition) is 4. The molecule has 0 saturated heterocycles. The number of carboxylic acids is 1. The maximum absolute atomic E-state index is 10.8. The van der Waals surface area contributed by atoms with Crippen molar-refractivity contribution >= 4 is 5.97 Å². The van der Waals surface area contributed by atoms with Gasteiger partial charge in [0.05, 0.1) is 0 Å². The molecule has 88 valence electrons. The minimum absolute atomic E-state index is 0.241. The molecule has 0 aromatic carbocycles. The second-order valence-electron chi connectivity index (χ2n) is 2.48. The molecule has 0 unspecified atom stereocenters. The summed E-state index contributed by atoms with van der Waals surface area (Å²) in [7, 11) is 0. The summed E-state index contributed by atoms with van der Waals surface area (Å²) in [4.78, 5) is 45.1. The number of carbonyl (C=O) groups is 1. The molecule has 1 aromatic heterocycles. The van der Waals surface area contributed by atoms with Crippen LogP contribution in [-0.2, 0) is 11.3 Å². The van der Waals surface area contributed by atoms with Gasteiger partial charge in [-0.1, -0.05) is 6.58 Å². The summed E-state index contributed by atoms with van der Waals surface area (Å²) < 4.78 is 0.890. The lowest BCUT2D eigenvalue weighted by Gasteiger charge is -1.94. The Morgan fingerprint density at radius 3 is 2.00 bits per heavy atom. The van der Waals surface area contributed by atoms with Crippen LogP contribution in [0.2, 0.25) is 0 Å². The van der Waals surface area contributed by atoms with Gasteiger partial charge < -0.3 is 5.11 Å². The summed E-state index contributed by atoms with van der Waals surface area (Å²) in [6, 6.07) is 0. The van der Waals surface area contributed by atoms with E-state index in [4.69, 9.17) is 5.11 Å². The fraction of sp³-hybridized carbons (Fsp3) is 0.250. The Bertz CT molecular complexity index is 501. The van der Waals surface area contributed by atoms with Gasteiger partial charge in [-0.2, -0.15) is 0 Å². The van der Waals surface area contributed by atoms with E-state index in [1.807, 2.05) is 9.97 Å². The topological polar surface area (TPSA) is 125 Å². The lowest BCUT2D eigenvalue weighted by Crippen LogP contribution is -2.42. The molecule has 0 atom stereocenters. The lowest BCUT2D eigenvalue weighted by molar-refractivity contribution is -0.131. The number of hydrogen-bond donors (Lipinski definition) is 3. The van der Waals surface area contributed by atoms with Crippen molar-refractivity contribution in [1.82, 2.24) is 14.5 Å². The van der Waals surface area contributed by atoms with Crippen molar-refractivity contribution < 1.29 is 9.90 Å². The predicted octanol–water partition coefficient (Wildman–Crippen LogP) is -1.50. The molecule has 0 amide bonds. The predicted molar refractivity (Wildman–Crippen MR) is 55.5 cm³/mol. The van der Waals surface area contributed by atoms with Crippen molar-refractivity contribution in [3.63, 3.8) is 0 Å². The van der Waals surface area contributed by atoms with Crippen molar-refractivity contribution in [1.29, 1.82) is 0 Å². The first-order valence-corrected chi connectivity index (χ1v) is 4.21. The molecule has 1 aromatic rings. The smallest absolute Gasteiger partial charge is 0.333 e. The summed E-state index contributed by atoms with van der Waals surface area (Å²) in [6.45, 7) is 4.84. The van der Waals surface area contributed by atoms with Gasteiger partial charge in [0, 0.05) is 12.6 Å². The molecule has 0 aliphatic carbocycles. The number of aliphatic carboxylic acids is 1. The largest absolute Gasteiger partial charge is 0.478 e. The van der Waals surface area contributed by atoms with E-state index in [0.29, 0.717) is 0 Å². The maximum atomic E-state index is 10.8. The van der Waals surface area contributed by atoms with Crippen LogP contribution in [0.4, 0.5) is 0 Å². The van der Waals surface area contributed by atoms with Crippen LogP contribution in [0.15, 0.2) is 27.0 Å². The molecule has 0 aliphatic heterocycles. The van der Waals surface area contributed by atoms with Crippen LogP contribution >= 0.6 is 0 Å². The summed E-state index contributed by atoms with van der Waals surface area (Å²) in [5.74, 6) is -0.981. The average Bonchev–Trinajstić information content (AvgIpc) is 2.17. The highest BCUT2D eigenvalue weighted by atomic mass is 16.4.